The summed E-state index contributed by atoms with van der Waals surface area (Å²) in [6.07, 6.45) is 13.7. The number of piperidine rings is 1. The number of aromatic nitrogens is 2. The van der Waals surface area contributed by atoms with Gasteiger partial charge in [0.25, 0.3) is 0 Å². The second-order valence-corrected chi connectivity index (χ2v) is 9.71. The molecule has 3 aliphatic rings. The van der Waals surface area contributed by atoms with Crippen LogP contribution in [0, 0.1) is 5.92 Å². The molecule has 4 rings (SSSR count). The number of nitrogens with one attached hydrogen (secondary N) is 1. The number of hydrogen-bond donors (Lipinski definition) is 2. The van der Waals surface area contributed by atoms with Gasteiger partial charge >= 0.3 is 0 Å². The summed E-state index contributed by atoms with van der Waals surface area (Å²) in [4.78, 5) is 32.5. The molecular formula is C27H39N7O3. The first kappa shape index (κ1) is 27.1. The number of nitrogens with two attached hydrogens (primary N) is 1. The van der Waals surface area contributed by atoms with Crippen molar-refractivity contribution < 1.29 is 14.3 Å². The molecule has 1 atom stereocenters. The monoisotopic (exact) mass is 509 g/mol. The molecule has 1 aliphatic heterocycles. The Morgan fingerprint density at radius 3 is 2.73 bits per heavy atom. The number of allylic oxidation sites excluding steroid dienone is 4. The molecule has 2 heterocycles. The highest BCUT2D eigenvalue weighted by Crippen LogP contribution is 2.29. The number of aliphatic imine (C=N–C) groups is 2. The average Bonchev–Trinajstić information content (AvgIpc) is 3.74. The summed E-state index contributed by atoms with van der Waals surface area (Å²) < 4.78 is 12.0. The summed E-state index contributed by atoms with van der Waals surface area (Å²) in [6, 6.07) is -0.0406. The van der Waals surface area contributed by atoms with Crippen LogP contribution in [-0.2, 0) is 20.9 Å². The number of ether oxygens (including phenoxy) is 2. The van der Waals surface area contributed by atoms with Crippen molar-refractivity contribution >= 4 is 22.9 Å². The second-order valence-electron chi connectivity index (χ2n) is 9.71. The van der Waals surface area contributed by atoms with E-state index in [-0.39, 0.29) is 18.6 Å². The zero-order chi connectivity index (χ0) is 26.0. The largest absolute Gasteiger partial charge is 0.491 e. The van der Waals surface area contributed by atoms with Crippen molar-refractivity contribution in [2.24, 2.45) is 21.6 Å². The van der Waals surface area contributed by atoms with Crippen LogP contribution in [0.1, 0.15) is 49.9 Å². The Labute approximate surface area is 219 Å². The Kier molecular flexibility index (Phi) is 9.92. The molecule has 1 aromatic rings. The molecule has 2 aliphatic carbocycles. The van der Waals surface area contributed by atoms with Crippen molar-refractivity contribution in [1.82, 2.24) is 20.2 Å². The maximum absolute atomic E-state index is 12.6. The van der Waals surface area contributed by atoms with Crippen molar-refractivity contribution in [3.8, 4) is 0 Å². The Bertz CT molecular complexity index is 1040. The molecule has 1 saturated heterocycles. The predicted molar refractivity (Wildman–Crippen MR) is 144 cm³/mol. The number of likely N-dealkylation sites (tertiary alicyclic amines) is 1. The molecule has 1 saturated carbocycles. The topological polar surface area (TPSA) is 127 Å². The third kappa shape index (κ3) is 7.53. The fourth-order valence-corrected chi connectivity index (χ4v) is 4.51. The van der Waals surface area contributed by atoms with Crippen molar-refractivity contribution in [3.05, 3.63) is 41.7 Å². The van der Waals surface area contributed by atoms with E-state index < -0.39 is 0 Å². The van der Waals surface area contributed by atoms with Crippen molar-refractivity contribution in [1.29, 1.82) is 0 Å². The Morgan fingerprint density at radius 1 is 1.22 bits per heavy atom. The molecule has 3 N–H and O–H groups in total. The molecule has 1 unspecified atom stereocenters. The van der Waals surface area contributed by atoms with Crippen LogP contribution in [0.15, 0.2) is 40.3 Å². The number of carbonyl (C=O) groups is 1. The van der Waals surface area contributed by atoms with Gasteiger partial charge in [0.1, 0.15) is 12.3 Å². The zero-order valence-corrected chi connectivity index (χ0v) is 22.0. The van der Waals surface area contributed by atoms with E-state index in [0.29, 0.717) is 55.1 Å². The van der Waals surface area contributed by atoms with E-state index >= 15 is 0 Å². The second kappa shape index (κ2) is 13.6. The lowest BCUT2D eigenvalue weighted by Gasteiger charge is -2.31. The molecule has 0 radical (unpaired) electrons. The maximum Gasteiger partial charge on any atom is 0.237 e. The number of carbonyl (C=O) groups excluding carboxylic acids is 1. The molecule has 10 heteroatoms. The van der Waals surface area contributed by atoms with Crippen molar-refractivity contribution in [2.45, 2.75) is 51.2 Å². The lowest BCUT2D eigenvalue weighted by atomic mass is 9.97. The molecular weight excluding hydrogens is 470 g/mol. The van der Waals surface area contributed by atoms with Gasteiger partial charge in [-0.2, -0.15) is 0 Å². The lowest BCUT2D eigenvalue weighted by molar-refractivity contribution is -0.127. The van der Waals surface area contributed by atoms with Crippen LogP contribution in [0.25, 0.3) is 5.57 Å². The van der Waals surface area contributed by atoms with E-state index in [9.17, 15) is 4.79 Å². The van der Waals surface area contributed by atoms with Crippen molar-refractivity contribution in [3.63, 3.8) is 0 Å². The van der Waals surface area contributed by atoms with Crippen LogP contribution in [0.2, 0.25) is 0 Å². The number of amides is 1. The molecule has 0 spiro atoms. The van der Waals surface area contributed by atoms with E-state index in [2.05, 4.69) is 30.2 Å². The highest BCUT2D eigenvalue weighted by atomic mass is 16.5. The first-order chi connectivity index (χ1) is 18.1. The van der Waals surface area contributed by atoms with Gasteiger partial charge in [0.2, 0.25) is 5.91 Å². The van der Waals surface area contributed by atoms with Gasteiger partial charge in [-0.25, -0.2) is 9.97 Å². The van der Waals surface area contributed by atoms with E-state index in [4.69, 9.17) is 15.2 Å². The van der Waals surface area contributed by atoms with E-state index in [1.54, 1.807) is 19.4 Å². The van der Waals surface area contributed by atoms with Gasteiger partial charge in [0.15, 0.2) is 11.6 Å². The van der Waals surface area contributed by atoms with Crippen molar-refractivity contribution in [2.75, 3.05) is 47.1 Å². The number of likely N-dealkylation sites (N-methyl/N-ethyl adjacent to an activating group) is 1. The van der Waals surface area contributed by atoms with Crippen LogP contribution in [0.5, 0.6) is 0 Å². The van der Waals surface area contributed by atoms with Gasteiger partial charge in [-0.15, -0.1) is 0 Å². The van der Waals surface area contributed by atoms with Crippen LogP contribution < -0.4 is 11.1 Å². The van der Waals surface area contributed by atoms with Gasteiger partial charge in [-0.1, -0.05) is 6.42 Å². The summed E-state index contributed by atoms with van der Waals surface area (Å²) in [7, 11) is 3.73. The lowest BCUT2D eigenvalue weighted by Crippen LogP contribution is -2.47. The van der Waals surface area contributed by atoms with Crippen LogP contribution in [0.3, 0.4) is 0 Å². The minimum Gasteiger partial charge on any atom is -0.491 e. The van der Waals surface area contributed by atoms with Gasteiger partial charge in [0, 0.05) is 43.7 Å². The predicted octanol–water partition coefficient (Wildman–Crippen LogP) is 2.12. The molecule has 0 bridgehead atoms. The summed E-state index contributed by atoms with van der Waals surface area (Å²) in [6.45, 7) is 3.20. The minimum absolute atomic E-state index is 0.0406. The Balaban J connectivity index is 1.39. The molecule has 200 valence electrons. The molecule has 10 nitrogen and oxygen atoms in total. The van der Waals surface area contributed by atoms with E-state index in [1.165, 1.54) is 12.8 Å². The quantitative estimate of drug-likeness (QED) is 0.326. The van der Waals surface area contributed by atoms with Crippen LogP contribution in [0.4, 0.5) is 0 Å². The smallest absolute Gasteiger partial charge is 0.237 e. The zero-order valence-electron chi connectivity index (χ0n) is 22.0. The van der Waals surface area contributed by atoms with Crippen LogP contribution in [-0.4, -0.2) is 85.3 Å². The summed E-state index contributed by atoms with van der Waals surface area (Å²) in [5.41, 5.74) is 8.70. The Hall–Kier alpha value is -2.95. The first-order valence-corrected chi connectivity index (χ1v) is 13.2. The average molecular weight is 510 g/mol. The molecule has 1 aromatic heterocycles. The normalized spacial score (nSPS) is 22.6. The summed E-state index contributed by atoms with van der Waals surface area (Å²) in [5, 5.41) is 3.06. The van der Waals surface area contributed by atoms with Gasteiger partial charge in [-0.3, -0.25) is 19.7 Å². The van der Waals surface area contributed by atoms with E-state index in [0.717, 1.165) is 43.6 Å². The van der Waals surface area contributed by atoms with Crippen LogP contribution >= 0.6 is 0 Å². The third-order valence-corrected chi connectivity index (χ3v) is 6.84. The molecule has 0 aromatic carbocycles. The first-order valence-electron chi connectivity index (χ1n) is 13.2. The number of nitrogens with zero attached hydrogens (tertiary/aromatic N) is 5. The minimum atomic E-state index is -0.0406. The van der Waals surface area contributed by atoms with Gasteiger partial charge < -0.3 is 20.5 Å². The number of hydrogen-bond acceptors (Lipinski definition) is 9. The number of rotatable bonds is 12. The summed E-state index contributed by atoms with van der Waals surface area (Å²) in [5.74, 6) is 2.03. The van der Waals surface area contributed by atoms with E-state index in [1.807, 2.05) is 19.2 Å². The standard InChI is InChI=1S/C27H39N7O3/c1-29-22-10-9-21(20-14-31-24(32-15-20)17-36-16-19-7-8-19)26(25(22)33-18-28)37-13-5-11-30-27(35)23-6-3-4-12-34(23)2/h9-10,14-15,19,23H,3-8,11-13,16-18,28H2,1-2H3,(H,30,35). The maximum atomic E-state index is 12.6. The third-order valence-electron chi connectivity index (χ3n) is 6.84. The fourth-order valence-electron chi connectivity index (χ4n) is 4.51. The molecule has 2 fully saturated rings. The highest BCUT2D eigenvalue weighted by Gasteiger charge is 2.26. The Morgan fingerprint density at radius 2 is 2.03 bits per heavy atom. The van der Waals surface area contributed by atoms with Gasteiger partial charge in [-0.05, 0) is 63.8 Å². The summed E-state index contributed by atoms with van der Waals surface area (Å²) >= 11 is 0. The highest BCUT2D eigenvalue weighted by molar-refractivity contribution is 6.54. The SMILES string of the molecule is CN=C1C=CC(c2cnc(COCC3CC3)nc2)=C(OCCCNC(=O)C2CCCCN2C)C1=NCN. The molecule has 37 heavy (non-hydrogen) atoms. The fraction of sp³-hybridized carbons (Fsp3) is 0.593. The van der Waals surface area contributed by atoms with Gasteiger partial charge in [0.05, 0.1) is 25.0 Å². The molecule has 1 amide bonds.